The van der Waals surface area contributed by atoms with Crippen LogP contribution in [0.2, 0.25) is 0 Å². The molecule has 0 radical (unpaired) electrons. The van der Waals surface area contributed by atoms with E-state index in [-0.39, 0.29) is 6.04 Å². The summed E-state index contributed by atoms with van der Waals surface area (Å²) in [6, 6.07) is 6.58. The second kappa shape index (κ2) is 5.44. The van der Waals surface area contributed by atoms with E-state index in [1.165, 1.54) is 0 Å². The fourth-order valence-electron chi connectivity index (χ4n) is 2.96. The summed E-state index contributed by atoms with van der Waals surface area (Å²) in [5.74, 6) is 0. The standard InChI is InChI=1S/C14H16BrN3O2/c15-9-1-6-12-13(7-9)18(8-16-12)11-4-2-10(3-5-11)17-14(19)20/h1,6-8,10-11,17H,2-5H2,(H,19,20). The maximum atomic E-state index is 10.7. The number of imidazole rings is 1. The van der Waals surface area contributed by atoms with Crippen LogP contribution in [0.4, 0.5) is 4.79 Å². The topological polar surface area (TPSA) is 67.2 Å². The zero-order valence-corrected chi connectivity index (χ0v) is 12.5. The van der Waals surface area contributed by atoms with Crippen LogP contribution in [0.25, 0.3) is 11.0 Å². The van der Waals surface area contributed by atoms with Crippen molar-refractivity contribution in [1.82, 2.24) is 14.9 Å². The summed E-state index contributed by atoms with van der Waals surface area (Å²) in [6.45, 7) is 0. The molecule has 1 saturated carbocycles. The Morgan fingerprint density at radius 2 is 2.10 bits per heavy atom. The summed E-state index contributed by atoms with van der Waals surface area (Å²) in [4.78, 5) is 15.1. The lowest BCUT2D eigenvalue weighted by Crippen LogP contribution is -2.36. The fraction of sp³-hybridized carbons (Fsp3) is 0.429. The van der Waals surface area contributed by atoms with Crippen LogP contribution in [0.15, 0.2) is 29.0 Å². The molecule has 2 aromatic rings. The predicted molar refractivity (Wildman–Crippen MR) is 79.9 cm³/mol. The molecule has 0 unspecified atom stereocenters. The molecule has 20 heavy (non-hydrogen) atoms. The van der Waals surface area contributed by atoms with Crippen LogP contribution in [-0.4, -0.2) is 26.8 Å². The molecule has 0 bridgehead atoms. The van der Waals surface area contributed by atoms with Crippen LogP contribution < -0.4 is 5.32 Å². The van der Waals surface area contributed by atoms with Gasteiger partial charge in [-0.3, -0.25) is 0 Å². The SMILES string of the molecule is O=C(O)NC1CCC(n2cnc3ccc(Br)cc32)CC1. The van der Waals surface area contributed by atoms with Gasteiger partial charge in [0.05, 0.1) is 17.4 Å². The highest BCUT2D eigenvalue weighted by Crippen LogP contribution is 2.31. The molecule has 1 aromatic heterocycles. The van der Waals surface area contributed by atoms with Crippen molar-refractivity contribution in [3.8, 4) is 0 Å². The number of hydrogen-bond acceptors (Lipinski definition) is 2. The Hall–Kier alpha value is -1.56. The molecular weight excluding hydrogens is 322 g/mol. The molecule has 5 nitrogen and oxygen atoms in total. The van der Waals surface area contributed by atoms with Gasteiger partial charge in [0.25, 0.3) is 0 Å². The summed E-state index contributed by atoms with van der Waals surface area (Å²) in [7, 11) is 0. The first kappa shape index (κ1) is 13.4. The maximum Gasteiger partial charge on any atom is 0.404 e. The Balaban J connectivity index is 1.76. The van der Waals surface area contributed by atoms with Gasteiger partial charge in [0.15, 0.2) is 0 Å². The minimum Gasteiger partial charge on any atom is -0.465 e. The van der Waals surface area contributed by atoms with E-state index >= 15 is 0 Å². The van der Waals surface area contributed by atoms with Crippen molar-refractivity contribution >= 4 is 33.1 Å². The highest BCUT2D eigenvalue weighted by molar-refractivity contribution is 9.10. The lowest BCUT2D eigenvalue weighted by Gasteiger charge is -2.29. The molecule has 1 aromatic carbocycles. The number of carboxylic acid groups (broad SMARTS) is 1. The fourth-order valence-corrected chi connectivity index (χ4v) is 3.31. The Kier molecular flexibility index (Phi) is 3.65. The van der Waals surface area contributed by atoms with Crippen LogP contribution in [0.5, 0.6) is 0 Å². The third kappa shape index (κ3) is 2.65. The number of amides is 1. The third-order valence-electron chi connectivity index (χ3n) is 3.95. The number of hydrogen-bond donors (Lipinski definition) is 2. The molecule has 1 aliphatic carbocycles. The monoisotopic (exact) mass is 337 g/mol. The van der Waals surface area contributed by atoms with Crippen molar-refractivity contribution in [1.29, 1.82) is 0 Å². The first-order valence-corrected chi connectivity index (χ1v) is 7.54. The van der Waals surface area contributed by atoms with Crippen LogP contribution in [0.3, 0.4) is 0 Å². The van der Waals surface area contributed by atoms with E-state index in [0.717, 1.165) is 41.2 Å². The Bertz CT molecular complexity index is 632. The Morgan fingerprint density at radius 3 is 2.80 bits per heavy atom. The van der Waals surface area contributed by atoms with Gasteiger partial charge in [-0.25, -0.2) is 9.78 Å². The summed E-state index contributed by atoms with van der Waals surface area (Å²) in [5, 5.41) is 11.3. The number of halogens is 1. The van der Waals surface area contributed by atoms with Crippen molar-refractivity contribution in [2.45, 2.75) is 37.8 Å². The van der Waals surface area contributed by atoms with E-state index in [1.54, 1.807) is 0 Å². The minimum absolute atomic E-state index is 0.0882. The molecule has 1 heterocycles. The largest absolute Gasteiger partial charge is 0.465 e. The van der Waals surface area contributed by atoms with E-state index in [1.807, 2.05) is 18.5 Å². The summed E-state index contributed by atoms with van der Waals surface area (Å²) in [5.41, 5.74) is 2.13. The smallest absolute Gasteiger partial charge is 0.404 e. The zero-order chi connectivity index (χ0) is 14.1. The van der Waals surface area contributed by atoms with Crippen molar-refractivity contribution in [2.75, 3.05) is 0 Å². The molecule has 0 aliphatic heterocycles. The molecule has 1 aliphatic rings. The highest BCUT2D eigenvalue weighted by Gasteiger charge is 2.24. The van der Waals surface area contributed by atoms with Gasteiger partial charge in [-0.05, 0) is 43.9 Å². The van der Waals surface area contributed by atoms with Crippen molar-refractivity contribution in [3.05, 3.63) is 29.0 Å². The molecule has 3 rings (SSSR count). The first-order valence-electron chi connectivity index (χ1n) is 6.75. The molecule has 2 N–H and O–H groups in total. The maximum absolute atomic E-state index is 10.7. The van der Waals surface area contributed by atoms with Crippen LogP contribution in [0, 0.1) is 0 Å². The van der Waals surface area contributed by atoms with Gasteiger partial charge >= 0.3 is 6.09 Å². The lowest BCUT2D eigenvalue weighted by molar-refractivity contribution is 0.182. The molecular formula is C14H16BrN3O2. The Labute approximate surface area is 125 Å². The van der Waals surface area contributed by atoms with E-state index in [9.17, 15) is 4.79 Å². The average Bonchev–Trinajstić information content (AvgIpc) is 2.82. The number of fused-ring (bicyclic) bond motifs is 1. The number of rotatable bonds is 2. The third-order valence-corrected chi connectivity index (χ3v) is 4.45. The Morgan fingerprint density at radius 1 is 1.35 bits per heavy atom. The van der Waals surface area contributed by atoms with E-state index in [4.69, 9.17) is 5.11 Å². The van der Waals surface area contributed by atoms with Gasteiger partial charge in [-0.1, -0.05) is 15.9 Å². The van der Waals surface area contributed by atoms with Gasteiger partial charge in [-0.15, -0.1) is 0 Å². The number of nitrogens with zero attached hydrogens (tertiary/aromatic N) is 2. The first-order chi connectivity index (χ1) is 9.63. The molecule has 0 atom stereocenters. The molecule has 0 saturated heterocycles. The minimum atomic E-state index is -0.925. The van der Waals surface area contributed by atoms with Crippen molar-refractivity contribution < 1.29 is 9.90 Å². The van der Waals surface area contributed by atoms with E-state index in [2.05, 4.69) is 36.9 Å². The molecule has 1 amide bonds. The second-order valence-corrected chi connectivity index (χ2v) is 6.16. The quantitative estimate of drug-likeness (QED) is 0.880. The molecule has 1 fully saturated rings. The number of benzene rings is 1. The van der Waals surface area contributed by atoms with Gasteiger partial charge in [-0.2, -0.15) is 0 Å². The van der Waals surface area contributed by atoms with Gasteiger partial charge in [0.2, 0.25) is 0 Å². The molecule has 106 valence electrons. The molecule has 0 spiro atoms. The normalized spacial score (nSPS) is 22.9. The summed E-state index contributed by atoms with van der Waals surface area (Å²) in [6.07, 6.45) is 4.68. The van der Waals surface area contributed by atoms with Crippen molar-refractivity contribution in [3.63, 3.8) is 0 Å². The second-order valence-electron chi connectivity index (χ2n) is 5.24. The van der Waals surface area contributed by atoms with Gasteiger partial charge in [0.1, 0.15) is 0 Å². The van der Waals surface area contributed by atoms with Crippen LogP contribution in [0.1, 0.15) is 31.7 Å². The molecule has 6 heteroatoms. The van der Waals surface area contributed by atoms with E-state index < -0.39 is 6.09 Å². The number of nitrogens with one attached hydrogen (secondary N) is 1. The highest BCUT2D eigenvalue weighted by atomic mass is 79.9. The predicted octanol–water partition coefficient (Wildman–Crippen LogP) is 3.55. The summed E-state index contributed by atoms with van der Waals surface area (Å²) < 4.78 is 3.27. The number of aromatic nitrogens is 2. The number of carbonyl (C=O) groups is 1. The van der Waals surface area contributed by atoms with Gasteiger partial charge < -0.3 is 15.0 Å². The lowest BCUT2D eigenvalue weighted by atomic mass is 9.91. The van der Waals surface area contributed by atoms with Crippen LogP contribution >= 0.6 is 15.9 Å². The van der Waals surface area contributed by atoms with Crippen molar-refractivity contribution in [2.24, 2.45) is 0 Å². The zero-order valence-electron chi connectivity index (χ0n) is 10.9. The average molecular weight is 338 g/mol. The van der Waals surface area contributed by atoms with Gasteiger partial charge in [0, 0.05) is 16.6 Å². The van der Waals surface area contributed by atoms with E-state index in [0.29, 0.717) is 6.04 Å². The summed E-state index contributed by atoms with van der Waals surface area (Å²) >= 11 is 3.50. The van der Waals surface area contributed by atoms with Crippen LogP contribution in [-0.2, 0) is 0 Å².